The molecule has 0 bridgehead atoms. The van der Waals surface area contributed by atoms with Gasteiger partial charge in [-0.15, -0.1) is 0 Å². The molecule has 0 aliphatic heterocycles. The molecule has 0 spiro atoms. The Morgan fingerprint density at radius 2 is 1.71 bits per heavy atom. The van der Waals surface area contributed by atoms with E-state index >= 15 is 0 Å². The van der Waals surface area contributed by atoms with Gasteiger partial charge in [0.25, 0.3) is 0 Å². The normalized spacial score (nSPS) is 10.3. The number of ether oxygens (including phenoxy) is 1. The molecule has 0 aromatic heterocycles. The molecule has 0 fully saturated rings. The summed E-state index contributed by atoms with van der Waals surface area (Å²) in [6.45, 7) is 1.96. The molecule has 2 aromatic rings. The number of aryl methyl sites for hydroxylation is 1. The Balaban J connectivity index is 2.37. The van der Waals surface area contributed by atoms with Gasteiger partial charge in [-0.3, -0.25) is 0 Å². The third-order valence-electron chi connectivity index (χ3n) is 2.36. The Hall–Kier alpha value is -1.38. The summed E-state index contributed by atoms with van der Waals surface area (Å²) in [5.74, 6) is 1.25. The van der Waals surface area contributed by atoms with Gasteiger partial charge < -0.3 is 10.5 Å². The number of para-hydroxylation sites is 1. The molecule has 0 atom stereocenters. The average Bonchev–Trinajstić information content (AvgIpc) is 2.29. The molecule has 2 nitrogen and oxygen atoms in total. The predicted molar refractivity (Wildman–Crippen MR) is 72.1 cm³/mol. The van der Waals surface area contributed by atoms with E-state index in [-0.39, 0.29) is 0 Å². The second-order valence-corrected chi connectivity index (χ2v) is 4.49. The van der Waals surface area contributed by atoms with Crippen LogP contribution in [0.15, 0.2) is 36.4 Å². The van der Waals surface area contributed by atoms with Crippen LogP contribution in [-0.4, -0.2) is 0 Å². The minimum Gasteiger partial charge on any atom is -0.455 e. The molecule has 0 radical (unpaired) electrons. The van der Waals surface area contributed by atoms with E-state index in [1.54, 1.807) is 12.1 Å². The number of nitrogens with two attached hydrogens (primary N) is 1. The summed E-state index contributed by atoms with van der Waals surface area (Å²) in [6, 6.07) is 10.9. The highest BCUT2D eigenvalue weighted by molar-refractivity contribution is 6.36. The van der Waals surface area contributed by atoms with Gasteiger partial charge in [-0.25, -0.2) is 0 Å². The van der Waals surface area contributed by atoms with Gasteiger partial charge in [0.1, 0.15) is 11.5 Å². The Morgan fingerprint density at radius 3 is 2.41 bits per heavy atom. The van der Waals surface area contributed by atoms with E-state index in [4.69, 9.17) is 33.7 Å². The van der Waals surface area contributed by atoms with E-state index in [2.05, 4.69) is 0 Å². The number of anilines is 1. The number of nitrogen functional groups attached to an aromatic ring is 1. The van der Waals surface area contributed by atoms with Crippen LogP contribution >= 0.6 is 23.2 Å². The highest BCUT2D eigenvalue weighted by Crippen LogP contribution is 2.36. The maximum Gasteiger partial charge on any atom is 0.147 e. The van der Waals surface area contributed by atoms with E-state index in [0.717, 1.165) is 11.3 Å². The Morgan fingerprint density at radius 1 is 1.00 bits per heavy atom. The third-order valence-corrected chi connectivity index (χ3v) is 2.99. The molecule has 0 saturated carbocycles. The van der Waals surface area contributed by atoms with Crippen LogP contribution in [0.3, 0.4) is 0 Å². The zero-order valence-corrected chi connectivity index (χ0v) is 10.7. The first-order chi connectivity index (χ1) is 8.08. The number of hydrogen-bond donors (Lipinski definition) is 1. The van der Waals surface area contributed by atoms with Crippen molar-refractivity contribution in [2.24, 2.45) is 0 Å². The van der Waals surface area contributed by atoms with Crippen molar-refractivity contribution in [1.82, 2.24) is 0 Å². The summed E-state index contributed by atoms with van der Waals surface area (Å²) < 4.78 is 5.70. The first kappa shape index (κ1) is 12.1. The molecule has 0 heterocycles. The largest absolute Gasteiger partial charge is 0.455 e. The van der Waals surface area contributed by atoms with Gasteiger partial charge in [0, 0.05) is 6.07 Å². The molecule has 4 heteroatoms. The van der Waals surface area contributed by atoms with Crippen molar-refractivity contribution in [3.8, 4) is 11.5 Å². The molecule has 0 aliphatic rings. The van der Waals surface area contributed by atoms with Crippen LogP contribution in [0.25, 0.3) is 0 Å². The minimum absolute atomic E-state index is 0.429. The van der Waals surface area contributed by atoms with Crippen molar-refractivity contribution in [2.75, 3.05) is 5.73 Å². The van der Waals surface area contributed by atoms with Crippen molar-refractivity contribution in [3.63, 3.8) is 0 Å². The van der Waals surface area contributed by atoms with Crippen molar-refractivity contribution in [3.05, 3.63) is 52.0 Å². The van der Waals surface area contributed by atoms with E-state index in [1.807, 2.05) is 31.2 Å². The molecule has 2 rings (SSSR count). The van der Waals surface area contributed by atoms with Gasteiger partial charge in [-0.1, -0.05) is 41.4 Å². The predicted octanol–water partition coefficient (Wildman–Crippen LogP) is 4.68. The minimum atomic E-state index is 0.429. The van der Waals surface area contributed by atoms with Crippen LogP contribution in [0.4, 0.5) is 5.69 Å². The fraction of sp³-hybridized carbons (Fsp3) is 0.0769. The Bertz CT molecular complexity index is 555. The monoisotopic (exact) mass is 267 g/mol. The maximum atomic E-state index is 6.04. The summed E-state index contributed by atoms with van der Waals surface area (Å²) in [7, 11) is 0. The lowest BCUT2D eigenvalue weighted by atomic mass is 10.2. The first-order valence-corrected chi connectivity index (χ1v) is 5.81. The second kappa shape index (κ2) is 4.86. The molecule has 0 saturated heterocycles. The fourth-order valence-electron chi connectivity index (χ4n) is 1.41. The van der Waals surface area contributed by atoms with Crippen LogP contribution in [0.5, 0.6) is 11.5 Å². The molecule has 88 valence electrons. The van der Waals surface area contributed by atoms with Crippen molar-refractivity contribution < 1.29 is 4.74 Å². The van der Waals surface area contributed by atoms with Gasteiger partial charge >= 0.3 is 0 Å². The quantitative estimate of drug-likeness (QED) is 0.803. The summed E-state index contributed by atoms with van der Waals surface area (Å²) >= 11 is 12.0. The molecule has 17 heavy (non-hydrogen) atoms. The van der Waals surface area contributed by atoms with E-state index < -0.39 is 0 Å². The van der Waals surface area contributed by atoms with Crippen molar-refractivity contribution >= 4 is 28.9 Å². The smallest absolute Gasteiger partial charge is 0.147 e. The topological polar surface area (TPSA) is 35.2 Å². The van der Waals surface area contributed by atoms with Crippen LogP contribution in [-0.2, 0) is 0 Å². The van der Waals surface area contributed by atoms with Crippen LogP contribution < -0.4 is 10.5 Å². The van der Waals surface area contributed by atoms with E-state index in [0.29, 0.717) is 21.5 Å². The van der Waals surface area contributed by atoms with Crippen LogP contribution in [0, 0.1) is 6.92 Å². The summed E-state index contributed by atoms with van der Waals surface area (Å²) in [5.41, 5.74) is 7.10. The van der Waals surface area contributed by atoms with E-state index in [9.17, 15) is 0 Å². The lowest BCUT2D eigenvalue weighted by molar-refractivity contribution is 0.479. The van der Waals surface area contributed by atoms with Crippen molar-refractivity contribution in [1.29, 1.82) is 0 Å². The Labute approximate surface area is 110 Å². The van der Waals surface area contributed by atoms with E-state index in [1.165, 1.54) is 0 Å². The van der Waals surface area contributed by atoms with Gasteiger partial charge in [0.15, 0.2) is 0 Å². The summed E-state index contributed by atoms with van der Waals surface area (Å²) in [6.07, 6.45) is 0. The zero-order valence-electron chi connectivity index (χ0n) is 9.21. The highest BCUT2D eigenvalue weighted by atomic mass is 35.5. The van der Waals surface area contributed by atoms with Gasteiger partial charge in [-0.05, 0) is 24.6 Å². The van der Waals surface area contributed by atoms with Gasteiger partial charge in [-0.2, -0.15) is 0 Å². The molecule has 0 amide bonds. The number of hydrogen-bond acceptors (Lipinski definition) is 2. The zero-order chi connectivity index (χ0) is 12.4. The molecular formula is C13H11Cl2NO. The second-order valence-electron chi connectivity index (χ2n) is 3.67. The van der Waals surface area contributed by atoms with Crippen LogP contribution in [0.2, 0.25) is 10.0 Å². The first-order valence-electron chi connectivity index (χ1n) is 5.06. The standard InChI is InChI=1S/C13H11Cl2NO/c1-8-4-2-3-5-12(8)17-13-7-9(14)11(16)6-10(13)15/h2-7H,16H2,1H3. The molecule has 0 unspecified atom stereocenters. The van der Waals surface area contributed by atoms with Crippen molar-refractivity contribution in [2.45, 2.75) is 6.92 Å². The lowest BCUT2D eigenvalue weighted by Crippen LogP contribution is -1.91. The number of halogens is 2. The summed E-state index contributed by atoms with van der Waals surface area (Å²) in [4.78, 5) is 0. The third kappa shape index (κ3) is 2.65. The van der Waals surface area contributed by atoms with Gasteiger partial charge in [0.05, 0.1) is 15.7 Å². The summed E-state index contributed by atoms with van der Waals surface area (Å²) in [5, 5.41) is 0.869. The molecule has 0 aliphatic carbocycles. The molecule has 2 aromatic carbocycles. The number of benzene rings is 2. The SMILES string of the molecule is Cc1ccccc1Oc1cc(Cl)c(N)cc1Cl. The fourth-order valence-corrected chi connectivity index (χ4v) is 1.78. The Kier molecular flexibility index (Phi) is 3.46. The average molecular weight is 268 g/mol. The molecular weight excluding hydrogens is 257 g/mol. The maximum absolute atomic E-state index is 6.04. The number of rotatable bonds is 2. The lowest BCUT2D eigenvalue weighted by Gasteiger charge is -2.11. The van der Waals surface area contributed by atoms with Gasteiger partial charge in [0.2, 0.25) is 0 Å². The highest BCUT2D eigenvalue weighted by Gasteiger charge is 2.08. The molecule has 2 N–H and O–H groups in total. The van der Waals surface area contributed by atoms with Crippen LogP contribution in [0.1, 0.15) is 5.56 Å².